The Balaban J connectivity index is 1.62. The molecule has 0 unspecified atom stereocenters. The van der Waals surface area contributed by atoms with Crippen LogP contribution in [0.3, 0.4) is 0 Å². The summed E-state index contributed by atoms with van der Waals surface area (Å²) in [4.78, 5) is 43.1. The lowest BCUT2D eigenvalue weighted by Gasteiger charge is -2.50. The van der Waals surface area contributed by atoms with Gasteiger partial charge in [0.2, 0.25) is 5.78 Å². The number of aromatic hydroxyl groups is 1. The summed E-state index contributed by atoms with van der Waals surface area (Å²) in [7, 11) is 6.71. The summed E-state index contributed by atoms with van der Waals surface area (Å²) in [5, 5.41) is 45.3. The molecule has 0 heterocycles. The van der Waals surface area contributed by atoms with Crippen molar-refractivity contribution in [3.05, 3.63) is 39.7 Å². The van der Waals surface area contributed by atoms with Gasteiger partial charge in [-0.05, 0) is 58.8 Å². The van der Waals surface area contributed by atoms with Gasteiger partial charge in [-0.1, -0.05) is 19.3 Å². The number of Topliss-reactive ketones (excluding diaryl/α,β-unsaturated/α-hetero) is 2. The van der Waals surface area contributed by atoms with Crippen molar-refractivity contribution in [2.45, 2.75) is 69.2 Å². The predicted octanol–water partition coefficient (Wildman–Crippen LogP) is 1.74. The number of ketones is 2. The van der Waals surface area contributed by atoms with Crippen LogP contribution in [0, 0.1) is 11.8 Å². The maximum absolute atomic E-state index is 14.0. The van der Waals surface area contributed by atoms with Crippen molar-refractivity contribution in [3.63, 3.8) is 0 Å². The number of rotatable bonds is 6. The summed E-state index contributed by atoms with van der Waals surface area (Å²) in [6, 6.07) is 0.819. The molecule has 11 heteroatoms. The topological polar surface area (TPSA) is 174 Å². The largest absolute Gasteiger partial charge is 0.508 e. The van der Waals surface area contributed by atoms with Crippen LogP contribution in [-0.4, -0.2) is 93.6 Å². The molecule has 0 radical (unpaired) electrons. The fraction of sp³-hybridized carbons (Fsp3) is 0.567. The highest BCUT2D eigenvalue weighted by molar-refractivity contribution is 6.24. The molecule has 0 saturated heterocycles. The first-order valence-electron chi connectivity index (χ1n) is 14.1. The van der Waals surface area contributed by atoms with E-state index in [1.54, 1.807) is 14.1 Å². The molecule has 1 aromatic rings. The molecule has 5 rings (SSSR count). The lowest BCUT2D eigenvalue weighted by molar-refractivity contribution is -0.153. The predicted molar refractivity (Wildman–Crippen MR) is 149 cm³/mol. The Morgan fingerprint density at radius 2 is 1.78 bits per heavy atom. The van der Waals surface area contributed by atoms with Gasteiger partial charge in [0.25, 0.3) is 5.91 Å². The van der Waals surface area contributed by atoms with Gasteiger partial charge >= 0.3 is 0 Å². The number of phenolic OH excluding ortho intramolecular Hbond substituents is 1. The second-order valence-corrected chi connectivity index (χ2v) is 12.1. The SMILES string of the molecule is COc1c(CN(C)C2CCCCC2)cc(O)c2c1C[C@H]1C[C@H]3[C@H](N(C)C)C(=O)C(C(N)=O)=C(O)[C@@]3(O)C(=O)C1=C2O. The molecule has 222 valence electrons. The molecule has 1 aromatic carbocycles. The normalized spacial score (nSPS) is 28.6. The molecule has 41 heavy (non-hydrogen) atoms. The minimum absolute atomic E-state index is 0.0296. The number of carbonyl (C=O) groups excluding carboxylic acids is 3. The third-order valence-electron chi connectivity index (χ3n) is 9.57. The van der Waals surface area contributed by atoms with E-state index in [1.807, 2.05) is 7.05 Å². The Hall–Kier alpha value is -3.41. The number of aliphatic hydroxyl groups is 3. The maximum Gasteiger partial charge on any atom is 0.255 e. The van der Waals surface area contributed by atoms with Crippen LogP contribution < -0.4 is 10.5 Å². The number of likely N-dealkylation sites (N-methyl/N-ethyl adjacent to an activating group) is 1. The summed E-state index contributed by atoms with van der Waals surface area (Å²) in [6.07, 6.45) is 6.00. The fourth-order valence-electron chi connectivity index (χ4n) is 7.65. The average molecular weight is 570 g/mol. The molecule has 6 N–H and O–H groups in total. The van der Waals surface area contributed by atoms with Gasteiger partial charge in [0.05, 0.1) is 18.7 Å². The van der Waals surface area contributed by atoms with E-state index in [0.29, 0.717) is 23.9 Å². The van der Waals surface area contributed by atoms with Crippen molar-refractivity contribution in [2.24, 2.45) is 17.6 Å². The third kappa shape index (κ3) is 4.33. The number of primary amides is 1. The Bertz CT molecular complexity index is 1380. The van der Waals surface area contributed by atoms with E-state index in [-0.39, 0.29) is 29.7 Å². The first-order valence-corrected chi connectivity index (χ1v) is 14.1. The summed E-state index contributed by atoms with van der Waals surface area (Å²) in [6.45, 7) is 0.518. The van der Waals surface area contributed by atoms with Crippen LogP contribution in [0.15, 0.2) is 23.0 Å². The Kier molecular flexibility index (Phi) is 7.42. The molecule has 0 aromatic heterocycles. The molecule has 2 saturated carbocycles. The van der Waals surface area contributed by atoms with Crippen LogP contribution in [0.2, 0.25) is 0 Å². The van der Waals surface area contributed by atoms with Gasteiger partial charge in [0, 0.05) is 35.2 Å². The van der Waals surface area contributed by atoms with Crippen molar-refractivity contribution >= 4 is 23.2 Å². The van der Waals surface area contributed by atoms with Crippen LogP contribution in [0.25, 0.3) is 5.76 Å². The van der Waals surface area contributed by atoms with E-state index < -0.39 is 58.0 Å². The minimum Gasteiger partial charge on any atom is -0.508 e. The summed E-state index contributed by atoms with van der Waals surface area (Å²) in [5.41, 5.74) is 3.02. The van der Waals surface area contributed by atoms with E-state index in [1.165, 1.54) is 37.3 Å². The standard InChI is InChI=1S/C30H39N3O8/c1-32(2)23-18-11-14-10-17-21(19(34)12-15(26(17)41-4)13-33(3)16-8-6-5-7-9-16)24(35)20(14)27(37)30(18,40)28(38)22(25(23)36)29(31)39/h12,14,16,18,23,34-35,38,40H,5-11,13H2,1-4H3,(H2,31,39)/t14-,18-,23-,30-/m0/s1. The van der Waals surface area contributed by atoms with E-state index in [2.05, 4.69) is 4.90 Å². The second-order valence-electron chi connectivity index (χ2n) is 12.1. The number of carbonyl (C=O) groups is 3. The zero-order valence-corrected chi connectivity index (χ0v) is 23.9. The molecule has 4 aliphatic rings. The Morgan fingerprint density at radius 3 is 2.37 bits per heavy atom. The quantitative estimate of drug-likeness (QED) is 0.318. The molecule has 2 fully saturated rings. The number of hydrogen-bond acceptors (Lipinski definition) is 10. The van der Waals surface area contributed by atoms with Crippen molar-refractivity contribution in [2.75, 3.05) is 28.3 Å². The Labute approximate surface area is 238 Å². The van der Waals surface area contributed by atoms with E-state index in [4.69, 9.17) is 10.5 Å². The van der Waals surface area contributed by atoms with Crippen LogP contribution in [-0.2, 0) is 27.3 Å². The van der Waals surface area contributed by atoms with Crippen LogP contribution in [0.5, 0.6) is 11.5 Å². The van der Waals surface area contributed by atoms with Crippen molar-refractivity contribution in [1.82, 2.24) is 9.80 Å². The Morgan fingerprint density at radius 1 is 1.12 bits per heavy atom. The lowest BCUT2D eigenvalue weighted by atomic mass is 9.57. The fourth-order valence-corrected chi connectivity index (χ4v) is 7.65. The van der Waals surface area contributed by atoms with Gasteiger partial charge < -0.3 is 30.9 Å². The molecular weight excluding hydrogens is 530 g/mol. The first kappa shape index (κ1) is 29.1. The number of nitrogens with zero attached hydrogens (tertiary/aromatic N) is 2. The number of aliphatic hydroxyl groups excluding tert-OH is 2. The second kappa shape index (κ2) is 10.5. The highest BCUT2D eigenvalue weighted by atomic mass is 16.5. The number of phenols is 1. The van der Waals surface area contributed by atoms with E-state index >= 15 is 0 Å². The molecule has 4 atom stereocenters. The van der Waals surface area contributed by atoms with E-state index in [0.717, 1.165) is 18.4 Å². The first-order chi connectivity index (χ1) is 19.3. The molecule has 4 aliphatic carbocycles. The van der Waals surface area contributed by atoms with Crippen LogP contribution in [0.4, 0.5) is 0 Å². The minimum atomic E-state index is -2.66. The molecule has 1 amide bonds. The number of methoxy groups -OCH3 is 1. The molecule has 0 bridgehead atoms. The smallest absolute Gasteiger partial charge is 0.255 e. The van der Waals surface area contributed by atoms with Gasteiger partial charge in [-0.25, -0.2) is 0 Å². The zero-order valence-electron chi connectivity index (χ0n) is 23.9. The third-order valence-corrected chi connectivity index (χ3v) is 9.57. The van der Waals surface area contributed by atoms with Crippen molar-refractivity contribution < 1.29 is 39.5 Å². The lowest BCUT2D eigenvalue weighted by Crippen LogP contribution is -2.65. The molecule has 0 aliphatic heterocycles. The number of benzene rings is 1. The van der Waals surface area contributed by atoms with Gasteiger partial charge in [-0.15, -0.1) is 0 Å². The number of fused-ring (bicyclic) bond motifs is 3. The van der Waals surface area contributed by atoms with Crippen molar-refractivity contribution in [3.8, 4) is 11.5 Å². The molecular formula is C30H39N3O8. The van der Waals surface area contributed by atoms with Gasteiger partial charge in [-0.3, -0.25) is 24.2 Å². The van der Waals surface area contributed by atoms with Gasteiger partial charge in [0.15, 0.2) is 11.4 Å². The van der Waals surface area contributed by atoms with Gasteiger partial charge in [-0.2, -0.15) is 0 Å². The highest BCUT2D eigenvalue weighted by Gasteiger charge is 2.64. The summed E-state index contributed by atoms with van der Waals surface area (Å²) >= 11 is 0. The number of hydrogen-bond donors (Lipinski definition) is 5. The number of nitrogens with two attached hydrogens (primary N) is 1. The van der Waals surface area contributed by atoms with E-state index in [9.17, 15) is 34.8 Å². The number of ether oxygens (including phenoxy) is 1. The molecule has 0 spiro atoms. The van der Waals surface area contributed by atoms with Crippen LogP contribution in [0.1, 0.15) is 55.2 Å². The highest BCUT2D eigenvalue weighted by Crippen LogP contribution is 2.54. The van der Waals surface area contributed by atoms with Gasteiger partial charge in [0.1, 0.15) is 28.6 Å². The maximum atomic E-state index is 14.0. The average Bonchev–Trinajstić information content (AvgIpc) is 2.90. The zero-order chi connectivity index (χ0) is 30.0. The summed E-state index contributed by atoms with van der Waals surface area (Å²) in [5.74, 6) is -6.21. The summed E-state index contributed by atoms with van der Waals surface area (Å²) < 4.78 is 5.84. The number of amides is 1. The molecule has 11 nitrogen and oxygen atoms in total. The van der Waals surface area contributed by atoms with Crippen molar-refractivity contribution in [1.29, 1.82) is 0 Å². The monoisotopic (exact) mass is 569 g/mol. The van der Waals surface area contributed by atoms with Crippen LogP contribution >= 0.6 is 0 Å².